The Balaban J connectivity index is 1.96. The van der Waals surface area contributed by atoms with E-state index in [4.69, 9.17) is 32.7 Å². The Bertz CT molecular complexity index is 715. The van der Waals surface area contributed by atoms with Gasteiger partial charge in [-0.2, -0.15) is 0 Å². The van der Waals surface area contributed by atoms with E-state index in [9.17, 15) is 9.59 Å². The first-order valence-electron chi connectivity index (χ1n) is 6.51. The fourth-order valence-electron chi connectivity index (χ4n) is 1.68. The number of amides is 1. The molecule has 1 aromatic carbocycles. The normalized spacial score (nSPS) is 11.7. The van der Waals surface area contributed by atoms with E-state index in [2.05, 4.69) is 5.32 Å². The maximum atomic E-state index is 12.0. The monoisotopic (exact) mass is 373 g/mol. The molecule has 0 aliphatic rings. The highest BCUT2D eigenvalue weighted by Crippen LogP contribution is 2.31. The second-order valence-corrected chi connectivity index (χ2v) is 6.79. The van der Waals surface area contributed by atoms with Crippen LogP contribution >= 0.6 is 34.5 Å². The lowest BCUT2D eigenvalue weighted by molar-refractivity contribution is -0.123. The Morgan fingerprint density at radius 1 is 1.22 bits per heavy atom. The lowest BCUT2D eigenvalue weighted by atomic mass is 10.2. The number of ether oxygens (including phenoxy) is 2. The van der Waals surface area contributed by atoms with Gasteiger partial charge in [0.05, 0.1) is 17.0 Å². The first-order valence-corrected chi connectivity index (χ1v) is 8.08. The van der Waals surface area contributed by atoms with Crippen molar-refractivity contribution in [2.24, 2.45) is 0 Å². The van der Waals surface area contributed by atoms with Crippen molar-refractivity contribution in [2.75, 3.05) is 12.4 Å². The average Bonchev–Trinajstić information content (AvgIpc) is 2.86. The smallest absolute Gasteiger partial charge is 0.341 e. The topological polar surface area (TPSA) is 64.6 Å². The molecule has 0 fully saturated rings. The number of methoxy groups -OCH3 is 1. The van der Waals surface area contributed by atoms with E-state index in [0.29, 0.717) is 15.8 Å². The van der Waals surface area contributed by atoms with Gasteiger partial charge in [-0.15, -0.1) is 11.3 Å². The number of nitrogens with one attached hydrogen (secondary N) is 1. The Kier molecular flexibility index (Phi) is 5.87. The predicted molar refractivity (Wildman–Crippen MR) is 90.8 cm³/mol. The summed E-state index contributed by atoms with van der Waals surface area (Å²) in [4.78, 5) is 24.0. The molecule has 0 saturated carbocycles. The molecule has 1 N–H and O–H groups in total. The van der Waals surface area contributed by atoms with Crippen LogP contribution in [0.2, 0.25) is 8.67 Å². The van der Waals surface area contributed by atoms with Crippen LogP contribution in [-0.2, 0) is 9.53 Å². The van der Waals surface area contributed by atoms with Gasteiger partial charge in [-0.3, -0.25) is 4.79 Å². The van der Waals surface area contributed by atoms with Gasteiger partial charge in [0.1, 0.15) is 10.1 Å². The van der Waals surface area contributed by atoms with Crippen molar-refractivity contribution in [3.05, 3.63) is 44.6 Å². The Morgan fingerprint density at radius 3 is 2.39 bits per heavy atom. The highest BCUT2D eigenvalue weighted by molar-refractivity contribution is 7.20. The molecule has 2 rings (SSSR count). The maximum Gasteiger partial charge on any atom is 0.341 e. The van der Waals surface area contributed by atoms with Crippen molar-refractivity contribution >= 4 is 52.1 Å². The molecule has 1 amide bonds. The SMILES string of the molecule is COc1ccc(NC(=O)C(C)OC(=O)c2cc(Cl)sc2Cl)cc1. The largest absolute Gasteiger partial charge is 0.497 e. The van der Waals surface area contributed by atoms with Crippen LogP contribution in [0.25, 0.3) is 0 Å². The molecule has 1 aromatic heterocycles. The molecule has 0 radical (unpaired) electrons. The third-order valence-electron chi connectivity index (χ3n) is 2.89. The lowest BCUT2D eigenvalue weighted by Gasteiger charge is -2.13. The lowest BCUT2D eigenvalue weighted by Crippen LogP contribution is -2.29. The molecule has 0 saturated heterocycles. The first kappa shape index (κ1) is 17.6. The van der Waals surface area contributed by atoms with E-state index in [1.165, 1.54) is 13.0 Å². The van der Waals surface area contributed by atoms with Gasteiger partial charge in [0.25, 0.3) is 5.91 Å². The van der Waals surface area contributed by atoms with E-state index in [0.717, 1.165) is 11.3 Å². The van der Waals surface area contributed by atoms with E-state index in [1.54, 1.807) is 31.4 Å². The van der Waals surface area contributed by atoms with Crippen LogP contribution in [0.5, 0.6) is 5.75 Å². The van der Waals surface area contributed by atoms with Gasteiger partial charge in [-0.1, -0.05) is 23.2 Å². The van der Waals surface area contributed by atoms with Crippen LogP contribution in [0, 0.1) is 0 Å². The zero-order chi connectivity index (χ0) is 17.0. The summed E-state index contributed by atoms with van der Waals surface area (Å²) in [5.41, 5.74) is 0.709. The number of thiophene rings is 1. The van der Waals surface area contributed by atoms with Crippen molar-refractivity contribution in [3.63, 3.8) is 0 Å². The molecule has 2 aromatic rings. The van der Waals surface area contributed by atoms with Gasteiger partial charge < -0.3 is 14.8 Å². The third-order valence-corrected chi connectivity index (χ3v) is 4.37. The van der Waals surface area contributed by atoms with E-state index >= 15 is 0 Å². The molecule has 1 unspecified atom stereocenters. The molecule has 5 nitrogen and oxygen atoms in total. The quantitative estimate of drug-likeness (QED) is 0.795. The summed E-state index contributed by atoms with van der Waals surface area (Å²) in [6.07, 6.45) is -0.987. The summed E-state index contributed by atoms with van der Waals surface area (Å²) in [6.45, 7) is 1.47. The number of carbonyl (C=O) groups excluding carboxylic acids is 2. The van der Waals surface area contributed by atoms with Gasteiger partial charge in [0.15, 0.2) is 6.10 Å². The van der Waals surface area contributed by atoms with Gasteiger partial charge >= 0.3 is 5.97 Å². The highest BCUT2D eigenvalue weighted by Gasteiger charge is 2.22. The number of benzene rings is 1. The zero-order valence-electron chi connectivity index (χ0n) is 12.3. The molecule has 0 aliphatic heterocycles. The van der Waals surface area contributed by atoms with Gasteiger partial charge in [0.2, 0.25) is 0 Å². The Morgan fingerprint density at radius 2 is 1.87 bits per heavy atom. The second kappa shape index (κ2) is 7.68. The number of hydrogen-bond donors (Lipinski definition) is 1. The molecular formula is C15H13Cl2NO4S. The van der Waals surface area contributed by atoms with Gasteiger partial charge in [-0.25, -0.2) is 4.79 Å². The number of halogens is 2. The van der Waals surface area contributed by atoms with Gasteiger partial charge in [-0.05, 0) is 37.3 Å². The van der Waals surface area contributed by atoms with Crippen molar-refractivity contribution < 1.29 is 19.1 Å². The molecule has 1 atom stereocenters. The van der Waals surface area contributed by atoms with Crippen molar-refractivity contribution in [1.29, 1.82) is 0 Å². The van der Waals surface area contributed by atoms with Crippen LogP contribution < -0.4 is 10.1 Å². The number of esters is 1. The molecule has 0 bridgehead atoms. The van der Waals surface area contributed by atoms with Crippen molar-refractivity contribution in [2.45, 2.75) is 13.0 Å². The first-order chi connectivity index (χ1) is 10.9. The summed E-state index contributed by atoms with van der Waals surface area (Å²) >= 11 is 12.7. The zero-order valence-corrected chi connectivity index (χ0v) is 14.6. The standard InChI is InChI=1S/C15H13Cl2NO4S/c1-8(22-15(20)11-7-12(16)23-13(11)17)14(19)18-9-3-5-10(21-2)6-4-9/h3-8H,1-2H3,(H,18,19). The van der Waals surface area contributed by atoms with Gasteiger partial charge in [0, 0.05) is 5.69 Å². The number of carbonyl (C=O) groups is 2. The van der Waals surface area contributed by atoms with Crippen LogP contribution in [0.4, 0.5) is 5.69 Å². The summed E-state index contributed by atoms with van der Waals surface area (Å²) in [6, 6.07) is 8.19. The highest BCUT2D eigenvalue weighted by atomic mass is 35.5. The summed E-state index contributed by atoms with van der Waals surface area (Å²) < 4.78 is 10.7. The minimum absolute atomic E-state index is 0.144. The molecule has 8 heteroatoms. The van der Waals surface area contributed by atoms with Crippen molar-refractivity contribution in [3.8, 4) is 5.75 Å². The number of hydrogen-bond acceptors (Lipinski definition) is 5. The van der Waals surface area contributed by atoms with Crippen LogP contribution in [0.1, 0.15) is 17.3 Å². The molecule has 1 heterocycles. The maximum absolute atomic E-state index is 12.0. The minimum Gasteiger partial charge on any atom is -0.497 e. The molecule has 0 spiro atoms. The van der Waals surface area contributed by atoms with E-state index < -0.39 is 18.0 Å². The fourth-order valence-corrected chi connectivity index (χ4v) is 3.12. The number of anilines is 1. The van der Waals surface area contributed by atoms with Crippen molar-refractivity contribution in [1.82, 2.24) is 0 Å². The molecular weight excluding hydrogens is 361 g/mol. The van der Waals surface area contributed by atoms with E-state index in [-0.39, 0.29) is 9.90 Å². The fraction of sp³-hybridized carbons (Fsp3) is 0.200. The third kappa shape index (κ3) is 4.60. The summed E-state index contributed by atoms with van der Waals surface area (Å²) in [5, 5.41) is 2.64. The minimum atomic E-state index is -0.987. The van der Waals surface area contributed by atoms with Crippen LogP contribution in [0.15, 0.2) is 30.3 Å². The Hall–Kier alpha value is -1.76. The van der Waals surface area contributed by atoms with Crippen LogP contribution in [-0.4, -0.2) is 25.1 Å². The average molecular weight is 374 g/mol. The van der Waals surface area contributed by atoms with E-state index in [1.807, 2.05) is 0 Å². The summed E-state index contributed by atoms with van der Waals surface area (Å²) in [7, 11) is 1.55. The molecule has 122 valence electrons. The molecule has 0 aliphatic carbocycles. The van der Waals surface area contributed by atoms with Crippen LogP contribution in [0.3, 0.4) is 0 Å². The number of rotatable bonds is 5. The molecule has 23 heavy (non-hydrogen) atoms. The Labute approximate surface area is 147 Å². The predicted octanol–water partition coefficient (Wildman–Crippen LogP) is 4.25. The second-order valence-electron chi connectivity index (χ2n) is 4.50. The summed E-state index contributed by atoms with van der Waals surface area (Å²) in [5.74, 6) is -0.483.